The van der Waals surface area contributed by atoms with Gasteiger partial charge in [0.25, 0.3) is 5.91 Å². The van der Waals surface area contributed by atoms with Gasteiger partial charge in [-0.05, 0) is 67.7 Å². The Morgan fingerprint density at radius 2 is 1.79 bits per heavy atom. The van der Waals surface area contributed by atoms with Gasteiger partial charge in [-0.15, -0.1) is 0 Å². The van der Waals surface area contributed by atoms with Crippen LogP contribution in [-0.2, 0) is 16.1 Å². The lowest BCUT2D eigenvalue weighted by atomic mass is 10.1. The third-order valence-corrected chi connectivity index (χ3v) is 5.64. The highest BCUT2D eigenvalue weighted by Gasteiger charge is 2.44. The summed E-state index contributed by atoms with van der Waals surface area (Å²) in [6.07, 6.45) is 1.66. The largest absolute Gasteiger partial charge is 0.494 e. The van der Waals surface area contributed by atoms with E-state index in [-0.39, 0.29) is 18.2 Å². The highest BCUT2D eigenvalue weighted by atomic mass is 32.1. The minimum Gasteiger partial charge on any atom is -0.494 e. The Morgan fingerprint density at radius 3 is 2.45 bits per heavy atom. The standard InChI is InChI=1S/C25H24N4O3S/c1-2-32-21-13-11-20(12-14-21)29-24(31)22(16-23(30)27-18-8-4-3-5-9-18)28(25(29)33)17-19-10-6-7-15-26-19/h3-15,22H,2,16-17H2,1H3,(H,27,30). The maximum absolute atomic E-state index is 13.5. The van der Waals surface area contributed by atoms with Gasteiger partial charge in [-0.1, -0.05) is 24.3 Å². The molecule has 0 saturated carbocycles. The summed E-state index contributed by atoms with van der Waals surface area (Å²) in [5.41, 5.74) is 2.07. The molecule has 8 heteroatoms. The van der Waals surface area contributed by atoms with E-state index in [4.69, 9.17) is 17.0 Å². The molecule has 2 amide bonds. The zero-order valence-electron chi connectivity index (χ0n) is 18.2. The number of pyridine rings is 1. The van der Waals surface area contributed by atoms with E-state index in [1.54, 1.807) is 47.5 Å². The van der Waals surface area contributed by atoms with Crippen LogP contribution in [0.5, 0.6) is 5.75 Å². The van der Waals surface area contributed by atoms with Crippen LogP contribution in [0.1, 0.15) is 19.0 Å². The van der Waals surface area contributed by atoms with Gasteiger partial charge in [0.05, 0.1) is 31.0 Å². The monoisotopic (exact) mass is 460 g/mol. The predicted octanol–water partition coefficient (Wildman–Crippen LogP) is 4.01. The van der Waals surface area contributed by atoms with Gasteiger partial charge in [-0.2, -0.15) is 0 Å². The third kappa shape index (κ3) is 5.18. The van der Waals surface area contributed by atoms with Gasteiger partial charge < -0.3 is 15.0 Å². The number of anilines is 2. The van der Waals surface area contributed by atoms with E-state index >= 15 is 0 Å². The molecule has 7 nitrogen and oxygen atoms in total. The minimum atomic E-state index is -0.741. The first-order valence-electron chi connectivity index (χ1n) is 10.7. The second kappa shape index (κ2) is 10.2. The average Bonchev–Trinajstić information content (AvgIpc) is 3.05. The summed E-state index contributed by atoms with van der Waals surface area (Å²) in [6.45, 7) is 2.78. The summed E-state index contributed by atoms with van der Waals surface area (Å²) < 4.78 is 5.50. The van der Waals surface area contributed by atoms with Crippen molar-refractivity contribution in [1.82, 2.24) is 9.88 Å². The number of carbonyl (C=O) groups excluding carboxylic acids is 2. The van der Waals surface area contributed by atoms with Crippen molar-refractivity contribution in [3.8, 4) is 5.75 Å². The van der Waals surface area contributed by atoms with Crippen molar-refractivity contribution < 1.29 is 14.3 Å². The first-order chi connectivity index (χ1) is 16.1. The van der Waals surface area contributed by atoms with Crippen LogP contribution in [0.15, 0.2) is 79.0 Å². The molecule has 1 aromatic heterocycles. The van der Waals surface area contributed by atoms with Crippen molar-refractivity contribution in [2.24, 2.45) is 0 Å². The number of amides is 2. The van der Waals surface area contributed by atoms with Crippen LogP contribution in [0.25, 0.3) is 0 Å². The number of ether oxygens (including phenoxy) is 1. The fraction of sp³-hybridized carbons (Fsp3) is 0.200. The van der Waals surface area contributed by atoms with Crippen LogP contribution in [-0.4, -0.2) is 39.5 Å². The normalized spacial score (nSPS) is 15.6. The van der Waals surface area contributed by atoms with Gasteiger partial charge >= 0.3 is 0 Å². The molecule has 33 heavy (non-hydrogen) atoms. The summed E-state index contributed by atoms with van der Waals surface area (Å²) in [6, 6.07) is 21.2. The molecule has 168 valence electrons. The molecule has 0 spiro atoms. The number of carbonyl (C=O) groups is 2. The van der Waals surface area contributed by atoms with Crippen LogP contribution in [0.4, 0.5) is 11.4 Å². The molecule has 1 unspecified atom stereocenters. The van der Waals surface area contributed by atoms with Gasteiger partial charge in [0.2, 0.25) is 5.91 Å². The second-order valence-corrected chi connectivity index (χ2v) is 7.83. The van der Waals surface area contributed by atoms with Crippen molar-refractivity contribution in [2.45, 2.75) is 25.9 Å². The number of aromatic nitrogens is 1. The minimum absolute atomic E-state index is 0.0335. The number of hydrogen-bond donors (Lipinski definition) is 1. The number of hydrogen-bond acceptors (Lipinski definition) is 5. The fourth-order valence-corrected chi connectivity index (χ4v) is 4.07. The SMILES string of the molecule is CCOc1ccc(N2C(=O)C(CC(=O)Nc3ccccc3)N(Cc3ccccn3)C2=S)cc1. The number of para-hydroxylation sites is 1. The molecule has 2 heterocycles. The molecule has 1 saturated heterocycles. The molecule has 2 aromatic carbocycles. The number of thiocarbonyl (C=S) groups is 1. The molecule has 0 aliphatic carbocycles. The molecule has 1 N–H and O–H groups in total. The summed E-state index contributed by atoms with van der Waals surface area (Å²) in [7, 11) is 0. The molecule has 4 rings (SSSR count). The molecule has 1 fully saturated rings. The van der Waals surface area contributed by atoms with Gasteiger partial charge in [0.15, 0.2) is 5.11 Å². The summed E-state index contributed by atoms with van der Waals surface area (Å²) in [4.78, 5) is 33.9. The first-order valence-corrected chi connectivity index (χ1v) is 11.1. The van der Waals surface area contributed by atoms with Crippen molar-refractivity contribution in [1.29, 1.82) is 0 Å². The number of nitrogens with zero attached hydrogens (tertiary/aromatic N) is 3. The van der Waals surface area contributed by atoms with E-state index in [1.165, 1.54) is 4.90 Å². The van der Waals surface area contributed by atoms with E-state index in [0.29, 0.717) is 35.4 Å². The van der Waals surface area contributed by atoms with Crippen LogP contribution < -0.4 is 15.0 Å². The lowest BCUT2D eigenvalue weighted by Gasteiger charge is -2.23. The zero-order chi connectivity index (χ0) is 23.2. The maximum atomic E-state index is 13.5. The van der Waals surface area contributed by atoms with E-state index in [9.17, 15) is 9.59 Å². The Labute approximate surface area is 198 Å². The molecule has 1 aliphatic heterocycles. The molecular weight excluding hydrogens is 436 g/mol. The summed E-state index contributed by atoms with van der Waals surface area (Å²) >= 11 is 5.70. The van der Waals surface area contributed by atoms with Crippen LogP contribution in [0.2, 0.25) is 0 Å². The number of nitrogens with one attached hydrogen (secondary N) is 1. The average molecular weight is 461 g/mol. The van der Waals surface area contributed by atoms with Crippen LogP contribution >= 0.6 is 12.2 Å². The highest BCUT2D eigenvalue weighted by Crippen LogP contribution is 2.30. The number of benzene rings is 2. The van der Waals surface area contributed by atoms with Gasteiger partial charge in [0, 0.05) is 11.9 Å². The third-order valence-electron chi connectivity index (χ3n) is 5.22. The summed E-state index contributed by atoms with van der Waals surface area (Å²) in [5.74, 6) is 0.202. The lowest BCUT2D eigenvalue weighted by molar-refractivity contribution is -0.124. The Balaban J connectivity index is 1.59. The molecule has 0 bridgehead atoms. The quantitative estimate of drug-likeness (QED) is 0.512. The van der Waals surface area contributed by atoms with Crippen molar-refractivity contribution in [2.75, 3.05) is 16.8 Å². The Kier molecular flexibility index (Phi) is 6.95. The van der Waals surface area contributed by atoms with E-state index in [2.05, 4.69) is 10.3 Å². The summed E-state index contributed by atoms with van der Waals surface area (Å²) in [5, 5.41) is 3.19. The van der Waals surface area contributed by atoms with E-state index in [1.807, 2.05) is 43.3 Å². The zero-order valence-corrected chi connectivity index (χ0v) is 19.0. The fourth-order valence-electron chi connectivity index (χ4n) is 3.68. The van der Waals surface area contributed by atoms with Gasteiger partial charge in [-0.25, -0.2) is 0 Å². The van der Waals surface area contributed by atoms with Gasteiger partial charge in [0.1, 0.15) is 11.8 Å². The second-order valence-electron chi connectivity index (χ2n) is 7.47. The first kappa shape index (κ1) is 22.4. The topological polar surface area (TPSA) is 74.8 Å². The Hall–Kier alpha value is -3.78. The number of rotatable bonds is 8. The van der Waals surface area contributed by atoms with Crippen LogP contribution in [0, 0.1) is 0 Å². The maximum Gasteiger partial charge on any atom is 0.256 e. The van der Waals surface area contributed by atoms with E-state index < -0.39 is 6.04 Å². The molecule has 1 aliphatic rings. The molecule has 3 aromatic rings. The Morgan fingerprint density at radius 1 is 1.06 bits per heavy atom. The lowest BCUT2D eigenvalue weighted by Crippen LogP contribution is -2.37. The predicted molar refractivity (Wildman–Crippen MR) is 131 cm³/mol. The highest BCUT2D eigenvalue weighted by molar-refractivity contribution is 7.80. The van der Waals surface area contributed by atoms with Crippen molar-refractivity contribution in [3.63, 3.8) is 0 Å². The van der Waals surface area contributed by atoms with Gasteiger partial charge in [-0.3, -0.25) is 19.5 Å². The smallest absolute Gasteiger partial charge is 0.256 e. The van der Waals surface area contributed by atoms with E-state index in [0.717, 1.165) is 5.69 Å². The van der Waals surface area contributed by atoms with Crippen molar-refractivity contribution >= 4 is 40.5 Å². The molecule has 0 radical (unpaired) electrons. The molecule has 1 atom stereocenters. The molecular formula is C25H24N4O3S. The Bertz CT molecular complexity index is 1120. The van der Waals surface area contributed by atoms with Crippen LogP contribution in [0.3, 0.4) is 0 Å². The van der Waals surface area contributed by atoms with Crippen molar-refractivity contribution in [3.05, 3.63) is 84.7 Å².